The van der Waals surface area contributed by atoms with Gasteiger partial charge in [0.05, 0.1) is 24.7 Å². The van der Waals surface area contributed by atoms with Gasteiger partial charge in [-0.2, -0.15) is 0 Å². The summed E-state index contributed by atoms with van der Waals surface area (Å²) in [5.74, 6) is -0.281. The number of aliphatic hydroxyl groups is 1. The van der Waals surface area contributed by atoms with Crippen molar-refractivity contribution in [3.05, 3.63) is 0 Å². The molecule has 0 amide bonds. The molecule has 7 unspecified atom stereocenters. The van der Waals surface area contributed by atoms with Crippen molar-refractivity contribution in [1.82, 2.24) is 0 Å². The van der Waals surface area contributed by atoms with E-state index in [1.165, 1.54) is 0 Å². The molecular formula is C19H30O7. The van der Waals surface area contributed by atoms with E-state index in [0.29, 0.717) is 13.0 Å². The summed E-state index contributed by atoms with van der Waals surface area (Å²) in [7, 11) is 1.59. The van der Waals surface area contributed by atoms with Crippen LogP contribution in [-0.4, -0.2) is 55.9 Å². The SMILES string of the molecule is COC1C2CC(C3COC(=O)C32)C1OC(O)COC(=O)CCC(C)(C)C. The molecule has 0 aromatic carbocycles. The highest BCUT2D eigenvalue weighted by Gasteiger charge is 2.64. The largest absolute Gasteiger partial charge is 0.465 e. The summed E-state index contributed by atoms with van der Waals surface area (Å²) in [6, 6.07) is 0. The van der Waals surface area contributed by atoms with Gasteiger partial charge in [-0.15, -0.1) is 0 Å². The number of carbonyl (C=O) groups is 2. The van der Waals surface area contributed by atoms with E-state index >= 15 is 0 Å². The molecule has 1 N–H and O–H groups in total. The molecule has 1 aliphatic heterocycles. The van der Waals surface area contributed by atoms with Crippen molar-refractivity contribution in [1.29, 1.82) is 0 Å². The maximum absolute atomic E-state index is 11.9. The normalized spacial score (nSPS) is 36.7. The first kappa shape index (κ1) is 19.6. The summed E-state index contributed by atoms with van der Waals surface area (Å²) in [6.45, 7) is 6.39. The lowest BCUT2D eigenvalue weighted by Crippen LogP contribution is -2.47. The molecule has 7 heteroatoms. The summed E-state index contributed by atoms with van der Waals surface area (Å²) in [5.41, 5.74) is 0.0558. The van der Waals surface area contributed by atoms with Gasteiger partial charge in [-0.05, 0) is 24.2 Å². The molecule has 0 aromatic rings. The first-order valence-electron chi connectivity index (χ1n) is 9.40. The Labute approximate surface area is 154 Å². The number of carbonyl (C=O) groups excluding carboxylic acids is 2. The van der Waals surface area contributed by atoms with Crippen LogP contribution in [0.5, 0.6) is 0 Å². The fourth-order valence-corrected chi connectivity index (χ4v) is 4.70. The van der Waals surface area contributed by atoms with Gasteiger partial charge in [0.1, 0.15) is 6.61 Å². The van der Waals surface area contributed by atoms with E-state index in [1.807, 2.05) is 0 Å². The van der Waals surface area contributed by atoms with E-state index < -0.39 is 6.29 Å². The summed E-state index contributed by atoms with van der Waals surface area (Å²) < 4.78 is 21.7. The van der Waals surface area contributed by atoms with Crippen LogP contribution in [0.4, 0.5) is 0 Å². The van der Waals surface area contributed by atoms with Crippen LogP contribution >= 0.6 is 0 Å². The summed E-state index contributed by atoms with van der Waals surface area (Å²) >= 11 is 0. The minimum absolute atomic E-state index is 0.0558. The smallest absolute Gasteiger partial charge is 0.309 e. The number of aliphatic hydroxyl groups excluding tert-OH is 1. The van der Waals surface area contributed by atoms with Crippen molar-refractivity contribution in [2.75, 3.05) is 20.3 Å². The van der Waals surface area contributed by atoms with Crippen molar-refractivity contribution in [3.63, 3.8) is 0 Å². The van der Waals surface area contributed by atoms with Gasteiger partial charge >= 0.3 is 11.9 Å². The summed E-state index contributed by atoms with van der Waals surface area (Å²) in [6.07, 6.45) is 0.104. The quantitative estimate of drug-likeness (QED) is 0.536. The highest BCUT2D eigenvalue weighted by atomic mass is 16.7. The number of fused-ring (bicyclic) bond motifs is 5. The third-order valence-electron chi connectivity index (χ3n) is 5.93. The maximum atomic E-state index is 11.9. The zero-order chi connectivity index (χ0) is 19.1. The predicted molar refractivity (Wildman–Crippen MR) is 90.9 cm³/mol. The van der Waals surface area contributed by atoms with Gasteiger partial charge in [-0.1, -0.05) is 20.8 Å². The average molecular weight is 370 g/mol. The Morgan fingerprint density at radius 1 is 1.27 bits per heavy atom. The van der Waals surface area contributed by atoms with Crippen molar-refractivity contribution in [2.45, 2.75) is 58.5 Å². The molecule has 2 bridgehead atoms. The number of hydrogen-bond donors (Lipinski definition) is 1. The van der Waals surface area contributed by atoms with Gasteiger partial charge in [-0.25, -0.2) is 0 Å². The lowest BCUT2D eigenvalue weighted by molar-refractivity contribution is -0.211. The number of cyclic esters (lactones) is 1. The fourth-order valence-electron chi connectivity index (χ4n) is 4.70. The first-order valence-corrected chi connectivity index (χ1v) is 9.40. The maximum Gasteiger partial charge on any atom is 0.309 e. The molecule has 3 rings (SSSR count). The average Bonchev–Trinajstić information content (AvgIpc) is 3.22. The Hall–Kier alpha value is -1.18. The zero-order valence-electron chi connectivity index (χ0n) is 16.0. The number of hydrogen-bond acceptors (Lipinski definition) is 7. The standard InChI is InChI=1S/C19H30O7/c1-19(2,3)6-5-13(20)24-9-14(21)26-17-10-7-11(16(17)23-4)15-12(10)8-25-18(15)22/h10-12,14-17,21H,5-9H2,1-4H3. The van der Waals surface area contributed by atoms with Crippen LogP contribution in [0.2, 0.25) is 0 Å². The van der Waals surface area contributed by atoms with Crippen LogP contribution < -0.4 is 0 Å². The number of ether oxygens (including phenoxy) is 4. The molecule has 7 atom stereocenters. The fraction of sp³-hybridized carbons (Fsp3) is 0.895. The number of rotatable bonds is 7. The lowest BCUT2D eigenvalue weighted by Gasteiger charge is -2.35. The summed E-state index contributed by atoms with van der Waals surface area (Å²) in [5, 5.41) is 10.2. The first-order chi connectivity index (χ1) is 12.2. The minimum atomic E-state index is -1.20. The molecular weight excluding hydrogens is 340 g/mol. The summed E-state index contributed by atoms with van der Waals surface area (Å²) in [4.78, 5) is 23.7. The van der Waals surface area contributed by atoms with Gasteiger partial charge in [-0.3, -0.25) is 9.59 Å². The molecule has 26 heavy (non-hydrogen) atoms. The molecule has 0 radical (unpaired) electrons. The zero-order valence-corrected chi connectivity index (χ0v) is 16.0. The Morgan fingerprint density at radius 3 is 2.65 bits per heavy atom. The van der Waals surface area contributed by atoms with Crippen LogP contribution in [0.25, 0.3) is 0 Å². The molecule has 0 aromatic heterocycles. The second-order valence-electron chi connectivity index (χ2n) is 8.88. The molecule has 1 heterocycles. The Kier molecular flexibility index (Phi) is 5.61. The van der Waals surface area contributed by atoms with Gasteiger partial charge < -0.3 is 24.1 Å². The van der Waals surface area contributed by atoms with Crippen LogP contribution in [0.1, 0.15) is 40.0 Å². The molecule has 1 saturated heterocycles. The molecule has 3 fully saturated rings. The highest BCUT2D eigenvalue weighted by Crippen LogP contribution is 2.57. The lowest BCUT2D eigenvalue weighted by atomic mass is 9.78. The predicted octanol–water partition coefficient (Wildman–Crippen LogP) is 1.51. The monoisotopic (exact) mass is 370 g/mol. The van der Waals surface area contributed by atoms with Crippen molar-refractivity contribution < 1.29 is 33.6 Å². The highest BCUT2D eigenvalue weighted by molar-refractivity contribution is 5.76. The van der Waals surface area contributed by atoms with Crippen LogP contribution in [0, 0.1) is 29.1 Å². The van der Waals surface area contributed by atoms with Crippen LogP contribution in [-0.2, 0) is 28.5 Å². The van der Waals surface area contributed by atoms with Gasteiger partial charge in [0.2, 0.25) is 0 Å². The molecule has 2 aliphatic carbocycles. The van der Waals surface area contributed by atoms with E-state index in [2.05, 4.69) is 20.8 Å². The van der Waals surface area contributed by atoms with Crippen LogP contribution in [0.15, 0.2) is 0 Å². The van der Waals surface area contributed by atoms with E-state index in [0.717, 1.165) is 12.8 Å². The Morgan fingerprint density at radius 2 is 2.00 bits per heavy atom. The molecule has 7 nitrogen and oxygen atoms in total. The van der Waals surface area contributed by atoms with E-state index in [4.69, 9.17) is 18.9 Å². The molecule has 148 valence electrons. The van der Waals surface area contributed by atoms with E-state index in [9.17, 15) is 14.7 Å². The second-order valence-corrected chi connectivity index (χ2v) is 8.88. The third-order valence-corrected chi connectivity index (χ3v) is 5.93. The Bertz CT molecular complexity index is 540. The number of methoxy groups -OCH3 is 1. The van der Waals surface area contributed by atoms with Gasteiger partial charge in [0, 0.05) is 25.4 Å². The molecule has 2 saturated carbocycles. The van der Waals surface area contributed by atoms with Gasteiger partial charge in [0.25, 0.3) is 0 Å². The van der Waals surface area contributed by atoms with Gasteiger partial charge in [0.15, 0.2) is 6.29 Å². The van der Waals surface area contributed by atoms with Crippen molar-refractivity contribution in [2.24, 2.45) is 29.1 Å². The second kappa shape index (κ2) is 7.44. The molecule has 3 aliphatic rings. The van der Waals surface area contributed by atoms with Crippen molar-refractivity contribution in [3.8, 4) is 0 Å². The number of esters is 2. The van der Waals surface area contributed by atoms with E-state index in [1.54, 1.807) is 7.11 Å². The van der Waals surface area contributed by atoms with Crippen molar-refractivity contribution >= 4 is 11.9 Å². The minimum Gasteiger partial charge on any atom is -0.465 e. The molecule has 0 spiro atoms. The van der Waals surface area contributed by atoms with E-state index in [-0.39, 0.29) is 59.8 Å². The third kappa shape index (κ3) is 3.89. The Balaban J connectivity index is 1.49. The topological polar surface area (TPSA) is 91.3 Å². The van der Waals surface area contributed by atoms with Crippen LogP contribution in [0.3, 0.4) is 0 Å².